The average molecular weight is 415 g/mol. The average Bonchev–Trinajstić information content (AvgIpc) is 2.56. The van der Waals surface area contributed by atoms with Gasteiger partial charge in [0.2, 0.25) is 0 Å². The Morgan fingerprint density at radius 1 is 1.28 bits per heavy atom. The third kappa shape index (κ3) is 4.84. The Bertz CT molecular complexity index is 792. The van der Waals surface area contributed by atoms with Crippen molar-refractivity contribution in [3.8, 4) is 6.07 Å². The Morgan fingerprint density at radius 3 is 2.60 bits per heavy atom. The van der Waals surface area contributed by atoms with E-state index in [0.29, 0.717) is 4.60 Å². The van der Waals surface area contributed by atoms with Gasteiger partial charge in [0, 0.05) is 6.42 Å². The van der Waals surface area contributed by atoms with Crippen LogP contribution in [-0.4, -0.2) is 16.2 Å². The van der Waals surface area contributed by atoms with Crippen LogP contribution >= 0.6 is 15.9 Å². The van der Waals surface area contributed by atoms with Crippen molar-refractivity contribution in [1.82, 2.24) is 4.98 Å². The lowest BCUT2D eigenvalue weighted by molar-refractivity contribution is -0.138. The minimum absolute atomic E-state index is 0.106. The molecule has 2 rings (SSSR count). The maximum absolute atomic E-state index is 13.3. The van der Waals surface area contributed by atoms with Gasteiger partial charge in [0.05, 0.1) is 23.4 Å². The normalized spacial score (nSPS) is 13.8. The van der Waals surface area contributed by atoms with E-state index in [1.807, 2.05) is 0 Å². The number of hydrogen-bond acceptors (Lipinski definition) is 5. The summed E-state index contributed by atoms with van der Waals surface area (Å²) >= 11 is 3.16. The number of nitriles is 1. The van der Waals surface area contributed by atoms with Gasteiger partial charge in [-0.15, -0.1) is 0 Å². The number of aromatic nitrogens is 1. The van der Waals surface area contributed by atoms with Crippen LogP contribution in [0, 0.1) is 11.3 Å². The lowest BCUT2D eigenvalue weighted by Crippen LogP contribution is -2.22. The van der Waals surface area contributed by atoms with E-state index in [1.54, 1.807) is 12.1 Å². The smallest absolute Gasteiger partial charge is 0.396 e. The first-order valence-electron chi connectivity index (χ1n) is 7.14. The molecule has 0 saturated carbocycles. The molecule has 2 atom stereocenters. The second-order valence-corrected chi connectivity index (χ2v) is 6.05. The number of nitrogen functional groups attached to an aromatic ring is 1. The van der Waals surface area contributed by atoms with Crippen LogP contribution < -0.4 is 11.1 Å². The van der Waals surface area contributed by atoms with Gasteiger partial charge in [-0.25, -0.2) is 4.98 Å². The van der Waals surface area contributed by atoms with E-state index in [4.69, 9.17) is 11.0 Å². The highest BCUT2D eigenvalue weighted by atomic mass is 79.9. The van der Waals surface area contributed by atoms with E-state index in [1.165, 1.54) is 24.3 Å². The summed E-state index contributed by atoms with van der Waals surface area (Å²) in [7, 11) is 0. The SMILES string of the molecule is N#CC(O)CC(Nc1nc(Br)ccc1N)c1ccccc1C(F)(F)F. The number of nitrogens with two attached hydrogens (primary N) is 1. The predicted octanol–water partition coefficient (Wildman–Crippen LogP) is 3.87. The quantitative estimate of drug-likeness (QED) is 0.509. The number of hydrogen-bond donors (Lipinski definition) is 3. The topological polar surface area (TPSA) is 95.0 Å². The maximum Gasteiger partial charge on any atom is 0.416 e. The first kappa shape index (κ1) is 19.0. The molecular formula is C16H14BrF3N4O. The van der Waals surface area contributed by atoms with E-state index < -0.39 is 23.9 Å². The molecule has 9 heteroatoms. The minimum Gasteiger partial charge on any atom is -0.396 e. The van der Waals surface area contributed by atoms with Gasteiger partial charge in [-0.1, -0.05) is 18.2 Å². The van der Waals surface area contributed by atoms with Crippen molar-refractivity contribution in [3.05, 3.63) is 52.1 Å². The van der Waals surface area contributed by atoms with Crippen LogP contribution in [-0.2, 0) is 6.18 Å². The van der Waals surface area contributed by atoms with E-state index in [9.17, 15) is 18.3 Å². The number of anilines is 2. The largest absolute Gasteiger partial charge is 0.416 e. The number of halogens is 4. The first-order valence-corrected chi connectivity index (χ1v) is 7.94. The summed E-state index contributed by atoms with van der Waals surface area (Å²) in [5.74, 6) is 0.154. The van der Waals surface area contributed by atoms with E-state index in [2.05, 4.69) is 26.2 Å². The molecule has 4 N–H and O–H groups in total. The predicted molar refractivity (Wildman–Crippen MR) is 90.4 cm³/mol. The molecule has 2 aromatic rings. The summed E-state index contributed by atoms with van der Waals surface area (Å²) < 4.78 is 40.4. The van der Waals surface area contributed by atoms with Crippen molar-refractivity contribution in [1.29, 1.82) is 5.26 Å². The first-order chi connectivity index (χ1) is 11.7. The highest BCUT2D eigenvalue weighted by molar-refractivity contribution is 9.10. The standard InChI is InChI=1S/C16H14BrF3N4O/c17-14-6-5-12(22)15(24-14)23-13(7-9(25)8-21)10-3-1-2-4-11(10)16(18,19)20/h1-6,9,13,25H,7,22H2,(H,23,24). The summed E-state index contributed by atoms with van der Waals surface area (Å²) in [6, 6.07) is 8.68. The summed E-state index contributed by atoms with van der Waals surface area (Å²) in [6.07, 6.45) is -6.30. The van der Waals surface area contributed by atoms with Crippen molar-refractivity contribution in [2.45, 2.75) is 24.7 Å². The number of benzene rings is 1. The zero-order valence-corrected chi connectivity index (χ0v) is 14.3. The van der Waals surface area contributed by atoms with Crippen molar-refractivity contribution in [3.63, 3.8) is 0 Å². The highest BCUT2D eigenvalue weighted by Crippen LogP contribution is 2.37. The van der Waals surface area contributed by atoms with Crippen LogP contribution in [0.4, 0.5) is 24.7 Å². The molecule has 1 aromatic heterocycles. The number of nitrogens with zero attached hydrogens (tertiary/aromatic N) is 2. The van der Waals surface area contributed by atoms with E-state index >= 15 is 0 Å². The number of aliphatic hydroxyl groups excluding tert-OH is 1. The summed E-state index contributed by atoms with van der Waals surface area (Å²) in [4.78, 5) is 4.10. The molecule has 132 valence electrons. The van der Waals surface area contributed by atoms with Crippen molar-refractivity contribution in [2.75, 3.05) is 11.1 Å². The monoisotopic (exact) mass is 414 g/mol. The number of aliphatic hydroxyl groups is 1. The minimum atomic E-state index is -4.58. The molecule has 1 aromatic carbocycles. The van der Waals surface area contributed by atoms with Gasteiger partial charge >= 0.3 is 6.18 Å². The summed E-state index contributed by atoms with van der Waals surface area (Å²) in [5, 5.41) is 21.3. The Labute approximate surface area is 150 Å². The lowest BCUT2D eigenvalue weighted by atomic mass is 9.95. The molecule has 25 heavy (non-hydrogen) atoms. The fourth-order valence-electron chi connectivity index (χ4n) is 2.33. The second kappa shape index (κ2) is 7.72. The van der Waals surface area contributed by atoms with Crippen LogP contribution in [0.2, 0.25) is 0 Å². The molecule has 0 aliphatic rings. The highest BCUT2D eigenvalue weighted by Gasteiger charge is 2.35. The maximum atomic E-state index is 13.3. The molecule has 0 spiro atoms. The molecular weight excluding hydrogens is 401 g/mol. The molecule has 0 radical (unpaired) electrons. The van der Waals surface area contributed by atoms with Crippen LogP contribution in [0.1, 0.15) is 23.6 Å². The number of nitrogens with one attached hydrogen (secondary N) is 1. The molecule has 0 aliphatic heterocycles. The van der Waals surface area contributed by atoms with Gasteiger partial charge in [0.25, 0.3) is 0 Å². The Kier molecular flexibility index (Phi) is 5.87. The summed E-state index contributed by atoms with van der Waals surface area (Å²) in [5.41, 5.74) is 5.07. The van der Waals surface area contributed by atoms with Crippen LogP contribution in [0.5, 0.6) is 0 Å². The molecule has 0 saturated heterocycles. The third-order valence-electron chi connectivity index (χ3n) is 3.45. The second-order valence-electron chi connectivity index (χ2n) is 5.23. The van der Waals surface area contributed by atoms with Crippen LogP contribution in [0.15, 0.2) is 41.0 Å². The van der Waals surface area contributed by atoms with Crippen molar-refractivity contribution < 1.29 is 18.3 Å². The zero-order valence-electron chi connectivity index (χ0n) is 12.8. The van der Waals surface area contributed by atoms with Gasteiger partial charge in [-0.3, -0.25) is 0 Å². The molecule has 2 unspecified atom stereocenters. The van der Waals surface area contributed by atoms with E-state index in [-0.39, 0.29) is 23.5 Å². The fourth-order valence-corrected chi connectivity index (χ4v) is 2.63. The van der Waals surface area contributed by atoms with Gasteiger partial charge in [0.15, 0.2) is 5.82 Å². The van der Waals surface area contributed by atoms with E-state index in [0.717, 1.165) is 6.07 Å². The number of pyridine rings is 1. The third-order valence-corrected chi connectivity index (χ3v) is 3.89. The summed E-state index contributed by atoms with van der Waals surface area (Å²) in [6.45, 7) is 0. The Hall–Kier alpha value is -2.31. The van der Waals surface area contributed by atoms with Crippen LogP contribution in [0.3, 0.4) is 0 Å². The van der Waals surface area contributed by atoms with Crippen molar-refractivity contribution in [2.24, 2.45) is 0 Å². The molecule has 0 bridgehead atoms. The van der Waals surface area contributed by atoms with Gasteiger partial charge in [-0.2, -0.15) is 18.4 Å². The van der Waals surface area contributed by atoms with Crippen molar-refractivity contribution >= 4 is 27.4 Å². The lowest BCUT2D eigenvalue weighted by Gasteiger charge is -2.24. The zero-order chi connectivity index (χ0) is 18.6. The molecule has 5 nitrogen and oxygen atoms in total. The van der Waals surface area contributed by atoms with Crippen LogP contribution in [0.25, 0.3) is 0 Å². The Balaban J connectivity index is 2.48. The van der Waals surface area contributed by atoms with Gasteiger partial charge in [0.1, 0.15) is 10.7 Å². The number of alkyl halides is 3. The van der Waals surface area contributed by atoms with Gasteiger partial charge in [-0.05, 0) is 39.7 Å². The molecule has 0 aliphatic carbocycles. The molecule has 1 heterocycles. The molecule has 0 fully saturated rings. The Morgan fingerprint density at radius 2 is 1.96 bits per heavy atom. The number of rotatable bonds is 5. The molecule has 0 amide bonds. The fraction of sp³-hybridized carbons (Fsp3) is 0.250. The van der Waals surface area contributed by atoms with Gasteiger partial charge < -0.3 is 16.2 Å².